The highest BCUT2D eigenvalue weighted by Crippen LogP contribution is 2.21. The lowest BCUT2D eigenvalue weighted by atomic mass is 9.97. The van der Waals surface area contributed by atoms with Crippen molar-refractivity contribution in [1.82, 2.24) is 10.2 Å². The van der Waals surface area contributed by atoms with Crippen LogP contribution < -0.4 is 11.3 Å². The number of hydrogen-bond acceptors (Lipinski definition) is 4. The second kappa shape index (κ2) is 5.88. The van der Waals surface area contributed by atoms with E-state index >= 15 is 0 Å². The van der Waals surface area contributed by atoms with Crippen LogP contribution in [0.1, 0.15) is 16.7 Å². The molecule has 0 aliphatic heterocycles. The predicted octanol–water partition coefficient (Wildman–Crippen LogP) is 2.74. The molecule has 1 aromatic heterocycles. The molecule has 114 valence electrons. The number of H-pyrrole nitrogens is 1. The van der Waals surface area contributed by atoms with E-state index in [-0.39, 0.29) is 17.1 Å². The van der Waals surface area contributed by atoms with Gasteiger partial charge in [0.25, 0.3) is 5.56 Å². The van der Waals surface area contributed by atoms with Gasteiger partial charge >= 0.3 is 0 Å². The van der Waals surface area contributed by atoms with E-state index in [4.69, 9.17) is 11.1 Å². The molecule has 0 bridgehead atoms. The van der Waals surface area contributed by atoms with Crippen LogP contribution >= 0.6 is 0 Å². The Morgan fingerprint density at radius 1 is 1.04 bits per heavy atom. The quantitative estimate of drug-likeness (QED) is 0.649. The lowest BCUT2D eigenvalue weighted by molar-refractivity contribution is 0.974. The van der Waals surface area contributed by atoms with Gasteiger partial charge in [-0.15, -0.1) is 0 Å². The van der Waals surface area contributed by atoms with Crippen molar-refractivity contribution in [2.45, 2.75) is 6.92 Å². The van der Waals surface area contributed by atoms with Gasteiger partial charge in [-0.1, -0.05) is 54.6 Å². The van der Waals surface area contributed by atoms with Crippen LogP contribution in [0.5, 0.6) is 0 Å². The molecular formula is C18H16N4O. The summed E-state index contributed by atoms with van der Waals surface area (Å²) in [6.45, 7) is 1.64. The maximum absolute atomic E-state index is 11.7. The van der Waals surface area contributed by atoms with Gasteiger partial charge in [-0.2, -0.15) is 5.10 Å². The summed E-state index contributed by atoms with van der Waals surface area (Å²) in [5, 5.41) is 14.4. The molecule has 0 saturated heterocycles. The van der Waals surface area contributed by atoms with Crippen LogP contribution in [0.25, 0.3) is 11.1 Å². The molecular weight excluding hydrogens is 288 g/mol. The summed E-state index contributed by atoms with van der Waals surface area (Å²) < 4.78 is 0. The molecule has 0 spiro atoms. The zero-order valence-electron chi connectivity index (χ0n) is 12.6. The molecule has 23 heavy (non-hydrogen) atoms. The number of hydrogen-bond donors (Lipinski definition) is 3. The number of nitrogens with zero attached hydrogens (tertiary/aromatic N) is 1. The minimum absolute atomic E-state index is 0.152. The van der Waals surface area contributed by atoms with Crippen LogP contribution in [0.3, 0.4) is 0 Å². The molecule has 2 aromatic carbocycles. The maximum atomic E-state index is 11.7. The summed E-state index contributed by atoms with van der Waals surface area (Å²) in [6, 6.07) is 17.6. The summed E-state index contributed by atoms with van der Waals surface area (Å²) in [6.07, 6.45) is 0. The van der Waals surface area contributed by atoms with Crippen molar-refractivity contribution in [3.05, 3.63) is 81.6 Å². The van der Waals surface area contributed by atoms with E-state index < -0.39 is 0 Å². The van der Waals surface area contributed by atoms with Crippen LogP contribution in [0.2, 0.25) is 0 Å². The summed E-state index contributed by atoms with van der Waals surface area (Å²) in [5.74, 6) is 0.152. The number of rotatable bonds is 3. The van der Waals surface area contributed by atoms with E-state index in [0.29, 0.717) is 16.7 Å². The maximum Gasteiger partial charge on any atom is 0.267 e. The molecule has 5 heteroatoms. The third-order valence-electron chi connectivity index (χ3n) is 3.78. The summed E-state index contributed by atoms with van der Waals surface area (Å²) in [5.41, 5.74) is 9.32. The SMILES string of the molecule is Cc1c(C(=N)c2ccc(-c3ccccc3)cc2)c(N)n[nH]c1=O. The second-order valence-corrected chi connectivity index (χ2v) is 5.26. The molecule has 0 unspecified atom stereocenters. The minimum atomic E-state index is -0.333. The first-order chi connectivity index (χ1) is 11.1. The molecule has 3 aromatic rings. The van der Waals surface area contributed by atoms with Gasteiger partial charge in [0.2, 0.25) is 0 Å². The Hall–Kier alpha value is -3.21. The molecule has 3 rings (SSSR count). The molecule has 0 fully saturated rings. The molecule has 1 heterocycles. The van der Waals surface area contributed by atoms with E-state index in [1.807, 2.05) is 54.6 Å². The van der Waals surface area contributed by atoms with Crippen molar-refractivity contribution in [3.8, 4) is 11.1 Å². The van der Waals surface area contributed by atoms with E-state index in [1.54, 1.807) is 6.92 Å². The highest BCUT2D eigenvalue weighted by atomic mass is 16.1. The fourth-order valence-electron chi connectivity index (χ4n) is 2.48. The Labute approximate surface area is 133 Å². The van der Waals surface area contributed by atoms with Crippen molar-refractivity contribution >= 4 is 11.5 Å². The van der Waals surface area contributed by atoms with E-state index in [2.05, 4.69) is 10.2 Å². The first-order valence-electron chi connectivity index (χ1n) is 7.17. The molecule has 0 saturated carbocycles. The molecule has 0 aliphatic rings. The molecule has 0 atom stereocenters. The Bertz CT molecular complexity index is 912. The van der Waals surface area contributed by atoms with Gasteiger partial charge in [-0.3, -0.25) is 10.2 Å². The van der Waals surface area contributed by atoms with Gasteiger partial charge in [0.05, 0.1) is 11.3 Å². The molecule has 0 amide bonds. The third kappa shape index (κ3) is 2.76. The fraction of sp³-hybridized carbons (Fsp3) is 0.0556. The minimum Gasteiger partial charge on any atom is -0.382 e. The Morgan fingerprint density at radius 2 is 1.65 bits per heavy atom. The van der Waals surface area contributed by atoms with Crippen LogP contribution in [0.4, 0.5) is 5.82 Å². The van der Waals surface area contributed by atoms with Crippen molar-refractivity contribution in [2.75, 3.05) is 5.73 Å². The molecule has 0 aliphatic carbocycles. The molecule has 4 N–H and O–H groups in total. The monoisotopic (exact) mass is 304 g/mol. The topological polar surface area (TPSA) is 95.6 Å². The lowest BCUT2D eigenvalue weighted by Crippen LogP contribution is -2.20. The molecule has 5 nitrogen and oxygen atoms in total. The number of anilines is 1. The van der Waals surface area contributed by atoms with Crippen molar-refractivity contribution in [1.29, 1.82) is 5.41 Å². The Kier molecular flexibility index (Phi) is 3.76. The Morgan fingerprint density at radius 3 is 2.30 bits per heavy atom. The average molecular weight is 304 g/mol. The third-order valence-corrected chi connectivity index (χ3v) is 3.78. The fourth-order valence-corrected chi connectivity index (χ4v) is 2.48. The standard InChI is InChI=1S/C18H16N4O/c1-11-15(17(20)21-22-18(11)23)16(19)14-9-7-13(8-10-14)12-5-3-2-4-6-12/h2-10,19H,1H3,(H2,20,21)(H,22,23). The van der Waals surface area contributed by atoms with Gasteiger partial charge in [0.15, 0.2) is 5.82 Å². The van der Waals surface area contributed by atoms with E-state index in [1.165, 1.54) is 0 Å². The number of nitrogen functional groups attached to an aromatic ring is 1. The van der Waals surface area contributed by atoms with Gasteiger partial charge < -0.3 is 5.73 Å². The second-order valence-electron chi connectivity index (χ2n) is 5.26. The largest absolute Gasteiger partial charge is 0.382 e. The number of aromatic amines is 1. The van der Waals surface area contributed by atoms with Crippen molar-refractivity contribution < 1.29 is 0 Å². The van der Waals surface area contributed by atoms with E-state index in [0.717, 1.165) is 11.1 Å². The smallest absolute Gasteiger partial charge is 0.267 e. The Balaban J connectivity index is 1.99. The highest BCUT2D eigenvalue weighted by Gasteiger charge is 2.15. The average Bonchev–Trinajstić information content (AvgIpc) is 2.59. The highest BCUT2D eigenvalue weighted by molar-refractivity contribution is 6.14. The number of aromatic nitrogens is 2. The summed E-state index contributed by atoms with van der Waals surface area (Å²) in [4.78, 5) is 11.7. The normalized spacial score (nSPS) is 10.5. The van der Waals surface area contributed by atoms with Crippen LogP contribution in [-0.4, -0.2) is 15.9 Å². The van der Waals surface area contributed by atoms with Gasteiger partial charge in [0, 0.05) is 11.1 Å². The van der Waals surface area contributed by atoms with Crippen molar-refractivity contribution in [2.24, 2.45) is 0 Å². The number of benzene rings is 2. The molecule has 0 radical (unpaired) electrons. The zero-order chi connectivity index (χ0) is 16.4. The van der Waals surface area contributed by atoms with Gasteiger partial charge in [0.1, 0.15) is 0 Å². The van der Waals surface area contributed by atoms with Gasteiger partial charge in [-0.25, -0.2) is 5.10 Å². The first kappa shape index (κ1) is 14.7. The predicted molar refractivity (Wildman–Crippen MR) is 91.8 cm³/mol. The van der Waals surface area contributed by atoms with Crippen LogP contribution in [0, 0.1) is 12.3 Å². The van der Waals surface area contributed by atoms with Crippen LogP contribution in [-0.2, 0) is 0 Å². The van der Waals surface area contributed by atoms with Crippen molar-refractivity contribution in [3.63, 3.8) is 0 Å². The number of nitrogens with two attached hydrogens (primary N) is 1. The lowest BCUT2D eigenvalue weighted by Gasteiger charge is -2.10. The zero-order valence-corrected chi connectivity index (χ0v) is 12.6. The van der Waals surface area contributed by atoms with Gasteiger partial charge in [-0.05, 0) is 18.1 Å². The van der Waals surface area contributed by atoms with Crippen LogP contribution in [0.15, 0.2) is 59.4 Å². The van der Waals surface area contributed by atoms with E-state index in [9.17, 15) is 4.79 Å². The summed E-state index contributed by atoms with van der Waals surface area (Å²) in [7, 11) is 0. The first-order valence-corrected chi connectivity index (χ1v) is 7.17. The number of nitrogens with one attached hydrogen (secondary N) is 2. The summed E-state index contributed by atoms with van der Waals surface area (Å²) >= 11 is 0.